The SMILES string of the molecule is CC[C@H]1O[C@H](c2ccc(OC)c(OS(=O)(=O)C(F)(F)F)c2)[C@@H](OC(C)=O)[C@@H](C)[C@@H]1C. The molecular formula is C19H25F3O7S. The molecule has 0 N–H and O–H groups in total. The van der Waals surface area contributed by atoms with Gasteiger partial charge in [-0.2, -0.15) is 21.6 Å². The van der Waals surface area contributed by atoms with Gasteiger partial charge < -0.3 is 18.4 Å². The third-order valence-electron chi connectivity index (χ3n) is 5.26. The minimum Gasteiger partial charge on any atom is -0.493 e. The molecule has 0 aliphatic carbocycles. The van der Waals surface area contributed by atoms with E-state index in [4.69, 9.17) is 14.2 Å². The number of carbonyl (C=O) groups excluding carboxylic acids is 1. The van der Waals surface area contributed by atoms with Crippen molar-refractivity contribution in [3.8, 4) is 11.5 Å². The Hall–Kier alpha value is -2.01. The molecule has 30 heavy (non-hydrogen) atoms. The number of benzene rings is 1. The van der Waals surface area contributed by atoms with Gasteiger partial charge in [0.25, 0.3) is 0 Å². The highest BCUT2D eigenvalue weighted by Crippen LogP contribution is 2.43. The van der Waals surface area contributed by atoms with Crippen LogP contribution in [0.15, 0.2) is 18.2 Å². The number of esters is 1. The van der Waals surface area contributed by atoms with E-state index < -0.39 is 39.6 Å². The summed E-state index contributed by atoms with van der Waals surface area (Å²) in [6, 6.07) is 3.87. The predicted molar refractivity (Wildman–Crippen MR) is 100 cm³/mol. The monoisotopic (exact) mass is 454 g/mol. The zero-order valence-corrected chi connectivity index (χ0v) is 18.0. The van der Waals surface area contributed by atoms with Crippen LogP contribution in [0.3, 0.4) is 0 Å². The van der Waals surface area contributed by atoms with E-state index >= 15 is 0 Å². The fourth-order valence-electron chi connectivity index (χ4n) is 3.50. The summed E-state index contributed by atoms with van der Waals surface area (Å²) in [5.74, 6) is -1.46. The number of halogens is 3. The van der Waals surface area contributed by atoms with E-state index in [-0.39, 0.29) is 23.7 Å². The molecule has 1 heterocycles. The molecule has 170 valence electrons. The Morgan fingerprint density at radius 1 is 1.17 bits per heavy atom. The Bertz CT molecular complexity index is 869. The first-order valence-electron chi connectivity index (χ1n) is 9.33. The number of alkyl halides is 3. The van der Waals surface area contributed by atoms with Gasteiger partial charge in [0.2, 0.25) is 0 Å². The van der Waals surface area contributed by atoms with Crippen LogP contribution in [0.25, 0.3) is 0 Å². The van der Waals surface area contributed by atoms with Crippen molar-refractivity contribution < 1.29 is 44.8 Å². The molecule has 0 radical (unpaired) electrons. The molecule has 0 amide bonds. The number of rotatable bonds is 6. The topological polar surface area (TPSA) is 88.1 Å². The lowest BCUT2D eigenvalue weighted by Crippen LogP contribution is -2.46. The Balaban J connectivity index is 2.50. The fourth-order valence-corrected chi connectivity index (χ4v) is 3.96. The Morgan fingerprint density at radius 3 is 2.30 bits per heavy atom. The van der Waals surface area contributed by atoms with Gasteiger partial charge in [0.15, 0.2) is 11.5 Å². The van der Waals surface area contributed by atoms with Crippen LogP contribution >= 0.6 is 0 Å². The van der Waals surface area contributed by atoms with E-state index in [2.05, 4.69) is 4.18 Å². The number of hydrogen-bond donors (Lipinski definition) is 0. The molecule has 1 aliphatic rings. The zero-order valence-electron chi connectivity index (χ0n) is 17.2. The first-order valence-corrected chi connectivity index (χ1v) is 10.7. The third kappa shape index (κ3) is 5.00. The molecule has 0 saturated carbocycles. The third-order valence-corrected chi connectivity index (χ3v) is 6.22. The highest BCUT2D eigenvalue weighted by molar-refractivity contribution is 7.88. The van der Waals surface area contributed by atoms with E-state index in [1.807, 2.05) is 20.8 Å². The minimum atomic E-state index is -5.90. The molecule has 1 aliphatic heterocycles. The van der Waals surface area contributed by atoms with Gasteiger partial charge in [-0.25, -0.2) is 0 Å². The van der Waals surface area contributed by atoms with Crippen LogP contribution < -0.4 is 8.92 Å². The lowest BCUT2D eigenvalue weighted by atomic mass is 9.79. The summed E-state index contributed by atoms with van der Waals surface area (Å²) >= 11 is 0. The van der Waals surface area contributed by atoms with Crippen molar-refractivity contribution in [3.05, 3.63) is 23.8 Å². The van der Waals surface area contributed by atoms with Crippen LogP contribution in [0.4, 0.5) is 13.2 Å². The molecule has 2 rings (SSSR count). The number of carbonyl (C=O) groups is 1. The molecular weight excluding hydrogens is 429 g/mol. The smallest absolute Gasteiger partial charge is 0.493 e. The van der Waals surface area contributed by atoms with E-state index in [9.17, 15) is 26.4 Å². The van der Waals surface area contributed by atoms with E-state index in [0.717, 1.165) is 13.2 Å². The van der Waals surface area contributed by atoms with Crippen LogP contribution in [-0.4, -0.2) is 39.2 Å². The summed E-state index contributed by atoms with van der Waals surface area (Å²) in [6.45, 7) is 7.03. The molecule has 0 bridgehead atoms. The second kappa shape index (κ2) is 9.01. The van der Waals surface area contributed by atoms with Gasteiger partial charge in [-0.1, -0.05) is 26.8 Å². The summed E-state index contributed by atoms with van der Waals surface area (Å²) < 4.78 is 82.0. The zero-order chi connectivity index (χ0) is 22.9. The second-order valence-electron chi connectivity index (χ2n) is 7.19. The van der Waals surface area contributed by atoms with Gasteiger partial charge in [-0.15, -0.1) is 0 Å². The summed E-state index contributed by atoms with van der Waals surface area (Å²) in [5, 5.41) is 0. The summed E-state index contributed by atoms with van der Waals surface area (Å²) in [4.78, 5) is 11.6. The maximum Gasteiger partial charge on any atom is 0.534 e. The molecule has 1 aromatic carbocycles. The van der Waals surface area contributed by atoms with Crippen LogP contribution in [0.5, 0.6) is 11.5 Å². The van der Waals surface area contributed by atoms with Gasteiger partial charge in [-0.05, 0) is 30.0 Å². The standard InChI is InChI=1S/C19H25F3O7S/c1-6-14-10(2)11(3)17(27-12(4)23)18(28-14)13-7-8-15(26-5)16(9-13)29-30(24,25)19(20,21)22/h7-11,14,17-18H,6H2,1-5H3/t10-,11-,14+,17-,18+/m0/s1. The van der Waals surface area contributed by atoms with Crippen LogP contribution in [0.2, 0.25) is 0 Å². The van der Waals surface area contributed by atoms with Gasteiger partial charge in [-0.3, -0.25) is 4.79 Å². The second-order valence-corrected chi connectivity index (χ2v) is 8.73. The molecule has 1 saturated heterocycles. The van der Waals surface area contributed by atoms with Crippen LogP contribution in [0, 0.1) is 11.8 Å². The molecule has 0 spiro atoms. The molecule has 7 nitrogen and oxygen atoms in total. The van der Waals surface area contributed by atoms with E-state index in [1.54, 1.807) is 0 Å². The highest BCUT2D eigenvalue weighted by Gasteiger charge is 2.49. The average Bonchev–Trinajstić information content (AvgIpc) is 2.64. The van der Waals surface area contributed by atoms with Crippen LogP contribution in [-0.2, 0) is 24.4 Å². The predicted octanol–water partition coefficient (Wildman–Crippen LogP) is 3.98. The normalized spacial score (nSPS) is 27.4. The summed E-state index contributed by atoms with van der Waals surface area (Å²) in [6.07, 6.45) is -1.08. The van der Waals surface area contributed by atoms with Crippen LogP contribution in [0.1, 0.15) is 45.8 Å². The van der Waals surface area contributed by atoms with Gasteiger partial charge >= 0.3 is 21.6 Å². The van der Waals surface area contributed by atoms with E-state index in [0.29, 0.717) is 12.0 Å². The number of hydrogen-bond acceptors (Lipinski definition) is 7. The number of methoxy groups -OCH3 is 1. The van der Waals surface area contributed by atoms with Crippen molar-refractivity contribution in [3.63, 3.8) is 0 Å². The van der Waals surface area contributed by atoms with E-state index in [1.165, 1.54) is 19.1 Å². The lowest BCUT2D eigenvalue weighted by Gasteiger charge is -2.44. The molecule has 0 aromatic heterocycles. The molecule has 1 fully saturated rings. The van der Waals surface area contributed by atoms with Crippen molar-refractivity contribution in [1.29, 1.82) is 0 Å². The Labute approximate surface area is 173 Å². The lowest BCUT2D eigenvalue weighted by molar-refractivity contribution is -0.196. The maximum atomic E-state index is 12.8. The van der Waals surface area contributed by atoms with Gasteiger partial charge in [0.05, 0.1) is 13.2 Å². The maximum absolute atomic E-state index is 12.8. The minimum absolute atomic E-state index is 0.0511. The van der Waals surface area contributed by atoms with Crippen molar-refractivity contribution in [2.75, 3.05) is 7.11 Å². The Kier molecular flexibility index (Phi) is 7.28. The molecule has 5 atom stereocenters. The molecule has 1 aromatic rings. The average molecular weight is 454 g/mol. The van der Waals surface area contributed by atoms with Crippen molar-refractivity contribution in [1.82, 2.24) is 0 Å². The molecule has 0 unspecified atom stereocenters. The van der Waals surface area contributed by atoms with Crippen molar-refractivity contribution in [2.24, 2.45) is 11.8 Å². The van der Waals surface area contributed by atoms with Crippen molar-refractivity contribution >= 4 is 16.1 Å². The number of ether oxygens (including phenoxy) is 3. The Morgan fingerprint density at radius 2 is 1.80 bits per heavy atom. The first kappa shape index (κ1) is 24.3. The largest absolute Gasteiger partial charge is 0.534 e. The highest BCUT2D eigenvalue weighted by atomic mass is 32.2. The van der Waals surface area contributed by atoms with Gasteiger partial charge in [0, 0.05) is 12.8 Å². The fraction of sp³-hybridized carbons (Fsp3) is 0.632. The van der Waals surface area contributed by atoms with Gasteiger partial charge in [0.1, 0.15) is 12.2 Å². The van der Waals surface area contributed by atoms with Crippen molar-refractivity contribution in [2.45, 2.75) is 57.9 Å². The quantitative estimate of drug-likeness (QED) is 0.365. The first-order chi connectivity index (χ1) is 13.8. The summed E-state index contributed by atoms with van der Waals surface area (Å²) in [7, 11) is -4.74. The summed E-state index contributed by atoms with van der Waals surface area (Å²) in [5.41, 5.74) is -5.31. The molecule has 11 heteroatoms.